The van der Waals surface area contributed by atoms with Crippen molar-refractivity contribution in [3.8, 4) is 0 Å². The van der Waals surface area contributed by atoms with E-state index < -0.39 is 26.6 Å². The topological polar surface area (TPSA) is 108 Å². The molecule has 0 aromatic heterocycles. The largest absolute Gasteiger partial charge is 0.756 e. The number of hydrogen-bond acceptors (Lipinski definition) is 6. The summed E-state index contributed by atoms with van der Waals surface area (Å²) in [5.41, 5.74) is 0. The first-order chi connectivity index (χ1) is 43.0. The molecule has 0 rings (SSSR count). The minimum absolute atomic E-state index is 0.00582. The molecule has 0 aliphatic carbocycles. The van der Waals surface area contributed by atoms with Crippen LogP contribution in [0.2, 0.25) is 0 Å². The van der Waals surface area contributed by atoms with E-state index in [0.717, 1.165) is 51.4 Å². The summed E-state index contributed by atoms with van der Waals surface area (Å²) < 4.78 is 23.5. The lowest BCUT2D eigenvalue weighted by atomic mass is 10.0. The van der Waals surface area contributed by atoms with Gasteiger partial charge in [0, 0.05) is 6.42 Å². The van der Waals surface area contributed by atoms with E-state index in [0.29, 0.717) is 17.4 Å². The minimum Gasteiger partial charge on any atom is -0.756 e. The van der Waals surface area contributed by atoms with Gasteiger partial charge in [0.2, 0.25) is 5.91 Å². The maximum absolute atomic E-state index is 13.1. The fourth-order valence-electron chi connectivity index (χ4n) is 11.7. The maximum Gasteiger partial charge on any atom is 0.268 e. The second-order valence-corrected chi connectivity index (χ2v) is 29.1. The minimum atomic E-state index is -4.62. The van der Waals surface area contributed by atoms with Crippen LogP contribution in [0.25, 0.3) is 0 Å². The molecular weight excluding hydrogens is 1100 g/mol. The molecule has 0 radical (unpaired) electrons. The highest BCUT2D eigenvalue weighted by molar-refractivity contribution is 7.45. The number of rotatable bonds is 72. The number of phosphoric acid groups is 1. The van der Waals surface area contributed by atoms with E-state index in [-0.39, 0.29) is 12.5 Å². The smallest absolute Gasteiger partial charge is 0.268 e. The van der Waals surface area contributed by atoms with Crippen LogP contribution in [-0.4, -0.2) is 68.5 Å². The van der Waals surface area contributed by atoms with Crippen LogP contribution in [0.5, 0.6) is 0 Å². The predicted molar refractivity (Wildman–Crippen MR) is 385 cm³/mol. The summed E-state index contributed by atoms with van der Waals surface area (Å²) >= 11 is 0. The average Bonchev–Trinajstić information content (AvgIpc) is 3.64. The van der Waals surface area contributed by atoms with Crippen LogP contribution >= 0.6 is 7.82 Å². The number of quaternary nitrogens is 1. The number of unbranched alkanes of at least 4 members (excludes halogenated alkanes) is 51. The lowest BCUT2D eigenvalue weighted by Gasteiger charge is -2.29. The molecule has 8 nitrogen and oxygen atoms in total. The molecule has 3 atom stereocenters. The van der Waals surface area contributed by atoms with Crippen LogP contribution in [0.15, 0.2) is 60.8 Å². The number of carbonyl (C=O) groups is 1. The molecule has 3 unspecified atom stereocenters. The van der Waals surface area contributed by atoms with Crippen LogP contribution < -0.4 is 10.2 Å². The molecule has 1 amide bonds. The fraction of sp³-hybridized carbons (Fsp3) is 0.861. The van der Waals surface area contributed by atoms with Crippen LogP contribution in [0.3, 0.4) is 0 Å². The molecule has 2 N–H and O–H groups in total. The van der Waals surface area contributed by atoms with Gasteiger partial charge in [-0.15, -0.1) is 0 Å². The van der Waals surface area contributed by atoms with Crippen molar-refractivity contribution in [2.45, 2.75) is 398 Å². The lowest BCUT2D eigenvalue weighted by Crippen LogP contribution is -2.45. The van der Waals surface area contributed by atoms with E-state index in [1.807, 2.05) is 27.2 Å². The van der Waals surface area contributed by atoms with Gasteiger partial charge in [-0.3, -0.25) is 9.36 Å². The molecule has 0 saturated heterocycles. The molecule has 0 saturated carbocycles. The number of likely N-dealkylation sites (N-methyl/N-ethyl adjacent to an activating group) is 1. The molecule has 0 spiro atoms. The summed E-state index contributed by atoms with van der Waals surface area (Å²) in [7, 11) is 1.26. The Balaban J connectivity index is 4.02. The monoisotopic (exact) mass is 1260 g/mol. The number of aliphatic hydroxyl groups is 1. The highest BCUT2D eigenvalue weighted by atomic mass is 31.2. The van der Waals surface area contributed by atoms with Crippen molar-refractivity contribution in [2.24, 2.45) is 0 Å². The first kappa shape index (κ1) is 86.2. The number of nitrogens with one attached hydrogen (secondary N) is 1. The van der Waals surface area contributed by atoms with Crippen LogP contribution in [-0.2, 0) is 18.4 Å². The third-order valence-electron chi connectivity index (χ3n) is 17.7. The Bertz CT molecular complexity index is 1620. The Hall–Kier alpha value is -1.80. The van der Waals surface area contributed by atoms with E-state index in [1.165, 1.54) is 315 Å². The van der Waals surface area contributed by atoms with Crippen molar-refractivity contribution in [3.63, 3.8) is 0 Å². The standard InChI is InChI=1S/C79H151N2O6P/c1-6-8-10-12-14-16-18-20-22-24-26-28-30-32-34-36-38-39-40-41-43-45-47-49-51-53-55-57-59-61-63-65-67-69-71-73-79(83)80-77(76-87-88(84,85)86-75-74-81(3,4)5)78(82)72-70-68-66-64-62-60-58-56-54-52-50-48-46-44-42-37-35-33-31-29-27-25-23-21-19-17-15-13-11-9-7-2/h18,20,24,26,30,32,62,64,70,72,77-78,82H,6-17,19,21-23,25,27-29,31,33-61,63,65-69,71,73-76H2,1-5H3,(H-,80,83,84,85)/b20-18-,26-24-,32-30-,64-62+,72-70+. The Morgan fingerprint density at radius 1 is 0.398 bits per heavy atom. The van der Waals surface area contributed by atoms with Crippen LogP contribution in [0.1, 0.15) is 386 Å². The third kappa shape index (κ3) is 71.6. The summed E-state index contributed by atoms with van der Waals surface area (Å²) in [6.07, 6.45) is 96.7. The summed E-state index contributed by atoms with van der Waals surface area (Å²) in [6, 6.07) is -0.906. The molecule has 0 aliphatic rings. The van der Waals surface area contributed by atoms with Gasteiger partial charge < -0.3 is 28.8 Å². The van der Waals surface area contributed by atoms with Crippen LogP contribution in [0.4, 0.5) is 0 Å². The molecule has 0 bridgehead atoms. The summed E-state index contributed by atoms with van der Waals surface area (Å²) in [4.78, 5) is 25.7. The highest BCUT2D eigenvalue weighted by Gasteiger charge is 2.23. The van der Waals surface area contributed by atoms with Crippen molar-refractivity contribution in [2.75, 3.05) is 40.9 Å². The van der Waals surface area contributed by atoms with Gasteiger partial charge in [0.15, 0.2) is 0 Å². The van der Waals surface area contributed by atoms with Gasteiger partial charge in [-0.25, -0.2) is 0 Å². The Morgan fingerprint density at radius 3 is 1.00 bits per heavy atom. The van der Waals surface area contributed by atoms with Gasteiger partial charge in [0.1, 0.15) is 13.2 Å². The summed E-state index contributed by atoms with van der Waals surface area (Å²) in [5, 5.41) is 14.0. The molecule has 0 aromatic rings. The van der Waals surface area contributed by atoms with Crippen molar-refractivity contribution in [1.29, 1.82) is 0 Å². The number of carbonyl (C=O) groups excluding carboxylic acids is 1. The van der Waals surface area contributed by atoms with Crippen molar-refractivity contribution >= 4 is 13.7 Å². The first-order valence-electron chi connectivity index (χ1n) is 38.7. The Labute approximate surface area is 549 Å². The molecule has 9 heteroatoms. The molecule has 518 valence electrons. The summed E-state index contributed by atoms with van der Waals surface area (Å²) in [5.74, 6) is -0.201. The zero-order valence-electron chi connectivity index (χ0n) is 59.4. The zero-order chi connectivity index (χ0) is 64.1. The summed E-state index contributed by atoms with van der Waals surface area (Å²) in [6.45, 7) is 4.67. The van der Waals surface area contributed by atoms with E-state index in [4.69, 9.17) is 9.05 Å². The molecule has 0 aliphatic heterocycles. The number of aliphatic hydroxyl groups excluding tert-OH is 1. The second-order valence-electron chi connectivity index (χ2n) is 27.7. The molecule has 0 aromatic carbocycles. The van der Waals surface area contributed by atoms with Gasteiger partial charge in [0.25, 0.3) is 7.82 Å². The lowest BCUT2D eigenvalue weighted by molar-refractivity contribution is -0.870. The molecule has 0 heterocycles. The number of hydrogen-bond donors (Lipinski definition) is 2. The molecular formula is C79H151N2O6P. The van der Waals surface area contributed by atoms with Crippen molar-refractivity contribution in [1.82, 2.24) is 5.32 Å². The zero-order valence-corrected chi connectivity index (χ0v) is 60.3. The SMILES string of the molecule is CCCCCCC/C=C\C/C=C\C/C=C\CCCCCCCCCCCCCCCCCCCCCCC(=O)NC(COP(=O)([O-])OCC[N+](C)(C)C)C(O)/C=C/CC/C=C/CCCCCCCCCCCCCCCCCCCCCCCCCCC. The number of phosphoric ester groups is 1. The van der Waals surface area contributed by atoms with Gasteiger partial charge in [-0.2, -0.15) is 0 Å². The van der Waals surface area contributed by atoms with Crippen molar-refractivity contribution in [3.05, 3.63) is 60.8 Å². The molecule has 0 fully saturated rings. The van der Waals surface area contributed by atoms with E-state index in [2.05, 4.69) is 67.8 Å². The van der Waals surface area contributed by atoms with Crippen LogP contribution in [0, 0.1) is 0 Å². The third-order valence-corrected chi connectivity index (χ3v) is 18.7. The van der Waals surface area contributed by atoms with E-state index >= 15 is 0 Å². The maximum atomic E-state index is 13.1. The van der Waals surface area contributed by atoms with Gasteiger partial charge in [0.05, 0.1) is 39.9 Å². The normalized spacial score (nSPS) is 13.9. The Kier molecular flexibility index (Phi) is 68.1. The number of allylic oxidation sites excluding steroid dienone is 9. The van der Waals surface area contributed by atoms with E-state index in [9.17, 15) is 19.4 Å². The number of nitrogens with zero attached hydrogens (tertiary/aromatic N) is 1. The Morgan fingerprint density at radius 2 is 0.670 bits per heavy atom. The van der Waals surface area contributed by atoms with Crippen molar-refractivity contribution < 1.29 is 32.9 Å². The van der Waals surface area contributed by atoms with Gasteiger partial charge in [-0.05, 0) is 70.6 Å². The quantitative estimate of drug-likeness (QED) is 0.0272. The fourth-order valence-corrected chi connectivity index (χ4v) is 12.4. The second kappa shape index (κ2) is 69.5. The number of amides is 1. The van der Waals surface area contributed by atoms with E-state index in [1.54, 1.807) is 6.08 Å². The van der Waals surface area contributed by atoms with Gasteiger partial charge >= 0.3 is 0 Å². The average molecular weight is 1260 g/mol. The highest BCUT2D eigenvalue weighted by Crippen LogP contribution is 2.38. The van der Waals surface area contributed by atoms with Gasteiger partial charge in [-0.1, -0.05) is 370 Å². The predicted octanol–water partition coefficient (Wildman–Crippen LogP) is 24.5. The first-order valence-corrected chi connectivity index (χ1v) is 40.1. The molecule has 88 heavy (non-hydrogen) atoms.